The van der Waals surface area contributed by atoms with E-state index in [1.54, 1.807) is 12.1 Å². The normalized spacial score (nSPS) is 12.0. The van der Waals surface area contributed by atoms with Crippen LogP contribution in [0.3, 0.4) is 0 Å². The molecule has 0 radical (unpaired) electrons. The van der Waals surface area contributed by atoms with Crippen LogP contribution in [0.1, 0.15) is 25.3 Å². The van der Waals surface area contributed by atoms with Crippen molar-refractivity contribution < 1.29 is 23.8 Å². The van der Waals surface area contributed by atoms with Crippen molar-refractivity contribution in [1.29, 1.82) is 0 Å². The lowest BCUT2D eigenvalue weighted by atomic mass is 10.1. The summed E-state index contributed by atoms with van der Waals surface area (Å²) in [5, 5.41) is 13.5. The minimum atomic E-state index is -0.746. The molecule has 0 bridgehead atoms. The van der Waals surface area contributed by atoms with E-state index in [0.29, 0.717) is 29.2 Å². The van der Waals surface area contributed by atoms with Gasteiger partial charge >= 0.3 is 0 Å². The number of aliphatic hydroxyl groups is 1. The van der Waals surface area contributed by atoms with Gasteiger partial charge in [-0.3, -0.25) is 0 Å². The summed E-state index contributed by atoms with van der Waals surface area (Å²) in [6.45, 7) is 1.83. The molecule has 0 aliphatic heterocycles. The maximum absolute atomic E-state index is 9.72. The topological polar surface area (TPSA) is 86.8 Å². The molecule has 21 heavy (non-hydrogen) atoms. The van der Waals surface area contributed by atoms with Crippen LogP contribution in [0.4, 0.5) is 0 Å². The number of aliphatic hydroxyl groups excluding tert-OH is 1. The molecule has 7 nitrogen and oxygen atoms in total. The molecule has 0 aliphatic rings. The molecule has 2 aromatic rings. The highest BCUT2D eigenvalue weighted by Gasteiger charge is 2.19. The quantitative estimate of drug-likeness (QED) is 0.873. The number of hydrogen-bond acceptors (Lipinski definition) is 7. The highest BCUT2D eigenvalue weighted by Crippen LogP contribution is 2.40. The minimum absolute atomic E-state index is 0.251. The Kier molecular flexibility index (Phi) is 4.64. The molecule has 0 amide bonds. The number of aromatic nitrogens is 2. The van der Waals surface area contributed by atoms with Crippen LogP contribution in [-0.2, 0) is 0 Å². The molecular formula is C14H18N2O5. The van der Waals surface area contributed by atoms with E-state index in [0.717, 1.165) is 0 Å². The molecule has 1 aromatic carbocycles. The van der Waals surface area contributed by atoms with Crippen molar-refractivity contribution >= 4 is 0 Å². The highest BCUT2D eigenvalue weighted by molar-refractivity contribution is 5.65. The first-order valence-electron chi connectivity index (χ1n) is 6.46. The van der Waals surface area contributed by atoms with E-state index in [9.17, 15) is 5.11 Å². The van der Waals surface area contributed by atoms with Gasteiger partial charge in [0.25, 0.3) is 5.89 Å². The van der Waals surface area contributed by atoms with Crippen LogP contribution in [0.5, 0.6) is 17.2 Å². The molecule has 0 fully saturated rings. The van der Waals surface area contributed by atoms with Crippen molar-refractivity contribution in [3.8, 4) is 28.7 Å². The van der Waals surface area contributed by atoms with Crippen LogP contribution in [0.2, 0.25) is 0 Å². The van der Waals surface area contributed by atoms with Gasteiger partial charge < -0.3 is 23.8 Å². The summed E-state index contributed by atoms with van der Waals surface area (Å²) in [6, 6.07) is 3.41. The van der Waals surface area contributed by atoms with E-state index < -0.39 is 6.10 Å². The highest BCUT2D eigenvalue weighted by atomic mass is 16.5. The van der Waals surface area contributed by atoms with Crippen LogP contribution in [0.15, 0.2) is 16.7 Å². The SMILES string of the molecule is CCC(O)c1noc(-c2cc(OC)c(OC)c(OC)c2)n1. The summed E-state index contributed by atoms with van der Waals surface area (Å²) >= 11 is 0. The number of hydrogen-bond donors (Lipinski definition) is 1. The number of ether oxygens (including phenoxy) is 3. The Labute approximate surface area is 122 Å². The zero-order valence-electron chi connectivity index (χ0n) is 12.4. The van der Waals surface area contributed by atoms with Crippen molar-refractivity contribution in [3.05, 3.63) is 18.0 Å². The Hall–Kier alpha value is -2.28. The Morgan fingerprint density at radius 2 is 1.76 bits per heavy atom. The van der Waals surface area contributed by atoms with E-state index in [1.807, 2.05) is 6.92 Å². The Morgan fingerprint density at radius 1 is 1.14 bits per heavy atom. The van der Waals surface area contributed by atoms with Crippen molar-refractivity contribution in [3.63, 3.8) is 0 Å². The summed E-state index contributed by atoms with van der Waals surface area (Å²) in [6.07, 6.45) is -0.238. The standard InChI is InChI=1S/C14H18N2O5/c1-5-9(17)13-15-14(21-16-13)8-6-10(18-2)12(20-4)11(7-8)19-3/h6-7,9,17H,5H2,1-4H3. The van der Waals surface area contributed by atoms with Crippen LogP contribution in [0.25, 0.3) is 11.5 Å². The molecule has 1 heterocycles. The van der Waals surface area contributed by atoms with E-state index in [2.05, 4.69) is 10.1 Å². The summed E-state index contributed by atoms with van der Waals surface area (Å²) in [7, 11) is 4.59. The Balaban J connectivity index is 2.46. The molecule has 2 rings (SSSR count). The van der Waals surface area contributed by atoms with Gasteiger partial charge in [-0.25, -0.2) is 0 Å². The predicted molar refractivity (Wildman–Crippen MR) is 74.6 cm³/mol. The summed E-state index contributed by atoms with van der Waals surface area (Å²) < 4.78 is 21.0. The van der Waals surface area contributed by atoms with Gasteiger partial charge in [-0.2, -0.15) is 4.98 Å². The van der Waals surface area contributed by atoms with Crippen LogP contribution < -0.4 is 14.2 Å². The third-order valence-electron chi connectivity index (χ3n) is 3.04. The summed E-state index contributed by atoms with van der Waals surface area (Å²) in [4.78, 5) is 4.18. The molecular weight excluding hydrogens is 276 g/mol. The zero-order chi connectivity index (χ0) is 15.4. The smallest absolute Gasteiger partial charge is 0.258 e. The molecule has 1 aromatic heterocycles. The number of methoxy groups -OCH3 is 3. The van der Waals surface area contributed by atoms with E-state index in [-0.39, 0.29) is 11.7 Å². The van der Waals surface area contributed by atoms with Gasteiger partial charge in [0.15, 0.2) is 11.5 Å². The van der Waals surface area contributed by atoms with Crippen molar-refractivity contribution in [2.45, 2.75) is 19.4 Å². The Morgan fingerprint density at radius 3 is 2.24 bits per heavy atom. The fourth-order valence-electron chi connectivity index (χ4n) is 1.87. The van der Waals surface area contributed by atoms with Gasteiger partial charge in [-0.15, -0.1) is 0 Å². The second kappa shape index (κ2) is 6.45. The monoisotopic (exact) mass is 294 g/mol. The van der Waals surface area contributed by atoms with Crippen LogP contribution in [0, 0.1) is 0 Å². The minimum Gasteiger partial charge on any atom is -0.493 e. The van der Waals surface area contributed by atoms with Gasteiger partial charge in [-0.1, -0.05) is 12.1 Å². The molecule has 0 saturated heterocycles. The van der Waals surface area contributed by atoms with E-state index in [1.165, 1.54) is 21.3 Å². The predicted octanol–water partition coefficient (Wildman–Crippen LogP) is 2.21. The Bertz CT molecular complexity index is 586. The van der Waals surface area contributed by atoms with Crippen molar-refractivity contribution in [1.82, 2.24) is 10.1 Å². The molecule has 1 atom stereocenters. The second-order valence-corrected chi connectivity index (χ2v) is 4.30. The van der Waals surface area contributed by atoms with Crippen molar-refractivity contribution in [2.24, 2.45) is 0 Å². The number of nitrogens with zero attached hydrogens (tertiary/aromatic N) is 2. The largest absolute Gasteiger partial charge is 0.493 e. The third-order valence-corrected chi connectivity index (χ3v) is 3.04. The van der Waals surface area contributed by atoms with E-state index in [4.69, 9.17) is 18.7 Å². The van der Waals surface area contributed by atoms with Gasteiger partial charge in [0.1, 0.15) is 6.10 Å². The average Bonchev–Trinajstić information content (AvgIpc) is 3.02. The zero-order valence-corrected chi connectivity index (χ0v) is 12.4. The maximum Gasteiger partial charge on any atom is 0.258 e. The first-order chi connectivity index (χ1) is 10.1. The van der Waals surface area contributed by atoms with E-state index >= 15 is 0 Å². The summed E-state index contributed by atoms with van der Waals surface area (Å²) in [5.41, 5.74) is 0.617. The van der Waals surface area contributed by atoms with Gasteiger partial charge in [0.05, 0.1) is 21.3 Å². The first kappa shape index (κ1) is 15.1. The maximum atomic E-state index is 9.72. The third kappa shape index (κ3) is 2.92. The van der Waals surface area contributed by atoms with Gasteiger partial charge in [-0.05, 0) is 18.6 Å². The molecule has 1 unspecified atom stereocenters. The second-order valence-electron chi connectivity index (χ2n) is 4.30. The molecule has 0 saturated carbocycles. The first-order valence-corrected chi connectivity index (χ1v) is 6.46. The van der Waals surface area contributed by atoms with Crippen LogP contribution >= 0.6 is 0 Å². The fourth-order valence-corrected chi connectivity index (χ4v) is 1.87. The number of benzene rings is 1. The fraction of sp³-hybridized carbons (Fsp3) is 0.429. The van der Waals surface area contributed by atoms with Gasteiger partial charge in [0, 0.05) is 5.56 Å². The molecule has 0 aliphatic carbocycles. The lowest BCUT2D eigenvalue weighted by Crippen LogP contribution is -1.98. The molecule has 114 valence electrons. The molecule has 7 heteroatoms. The lowest BCUT2D eigenvalue weighted by Gasteiger charge is -2.12. The van der Waals surface area contributed by atoms with Crippen molar-refractivity contribution in [2.75, 3.05) is 21.3 Å². The lowest BCUT2D eigenvalue weighted by molar-refractivity contribution is 0.159. The number of rotatable bonds is 6. The van der Waals surface area contributed by atoms with Crippen LogP contribution in [-0.4, -0.2) is 36.6 Å². The molecule has 1 N–H and O–H groups in total. The average molecular weight is 294 g/mol. The summed E-state index contributed by atoms with van der Waals surface area (Å²) in [5.74, 6) is 1.99. The molecule has 0 spiro atoms. The van der Waals surface area contributed by atoms with Gasteiger partial charge in [0.2, 0.25) is 11.6 Å².